The van der Waals surface area contributed by atoms with Crippen molar-refractivity contribution in [1.29, 1.82) is 0 Å². The first-order valence-corrected chi connectivity index (χ1v) is 7.98. The Kier molecular flexibility index (Phi) is 5.57. The first kappa shape index (κ1) is 15.5. The highest BCUT2D eigenvalue weighted by Gasteiger charge is 2.10. The first-order valence-electron chi connectivity index (χ1n) is 6.90. The number of hydrogen-bond donors (Lipinski definition) is 2. The molecule has 0 aliphatic rings. The average Bonchev–Trinajstić information content (AvgIpc) is 2.46. The largest absolute Gasteiger partial charge is 0.271 e. The quantitative estimate of drug-likeness (QED) is 0.464. The highest BCUT2D eigenvalue weighted by Crippen LogP contribution is 2.21. The minimum Gasteiger partial charge on any atom is -0.271 e. The second-order valence-electron chi connectivity index (χ2n) is 5.37. The van der Waals surface area contributed by atoms with Crippen molar-refractivity contribution in [2.75, 3.05) is 0 Å². The second kappa shape index (κ2) is 7.20. The number of nitrogens with two attached hydrogens (primary N) is 1. The van der Waals surface area contributed by atoms with E-state index in [2.05, 4.69) is 90.4 Å². The van der Waals surface area contributed by atoms with Gasteiger partial charge in [-0.05, 0) is 63.8 Å². The summed E-state index contributed by atoms with van der Waals surface area (Å²) < 4.78 is 1.24. The minimum absolute atomic E-state index is 0.150. The lowest BCUT2D eigenvalue weighted by Crippen LogP contribution is -2.29. The summed E-state index contributed by atoms with van der Waals surface area (Å²) in [6.45, 7) is 4.43. The number of hydrogen-bond acceptors (Lipinski definition) is 2. The fourth-order valence-electron chi connectivity index (χ4n) is 2.24. The van der Waals surface area contributed by atoms with E-state index in [0.717, 1.165) is 6.42 Å². The van der Waals surface area contributed by atoms with Gasteiger partial charge in [-0.3, -0.25) is 11.3 Å². The first-order chi connectivity index (χ1) is 9.60. The van der Waals surface area contributed by atoms with Gasteiger partial charge in [0.25, 0.3) is 0 Å². The number of rotatable bonds is 5. The summed E-state index contributed by atoms with van der Waals surface area (Å²) in [5.74, 6) is 6.29. The smallest absolute Gasteiger partial charge is 0.0500 e. The van der Waals surface area contributed by atoms with E-state index in [-0.39, 0.29) is 6.04 Å². The molecule has 0 aliphatic carbocycles. The molecule has 2 nitrogen and oxygen atoms in total. The molecule has 0 saturated heterocycles. The highest BCUT2D eigenvalue weighted by atomic mass is 127. The number of nitrogens with one attached hydrogen (secondary N) is 1. The predicted molar refractivity (Wildman–Crippen MR) is 93.5 cm³/mol. The predicted octanol–water partition coefficient (Wildman–Crippen LogP) is 4.16. The molecule has 0 radical (unpaired) electrons. The molecular formula is C17H21IN2. The SMILES string of the molecule is CC(C)c1ccc(CC(NN)c2ccc(I)cc2)cc1. The van der Waals surface area contributed by atoms with Crippen LogP contribution in [0.2, 0.25) is 0 Å². The molecule has 1 atom stereocenters. The van der Waals surface area contributed by atoms with Crippen molar-refractivity contribution < 1.29 is 0 Å². The number of hydrazine groups is 1. The Balaban J connectivity index is 2.11. The fraction of sp³-hybridized carbons (Fsp3) is 0.294. The van der Waals surface area contributed by atoms with Gasteiger partial charge < -0.3 is 0 Å². The van der Waals surface area contributed by atoms with E-state index >= 15 is 0 Å². The summed E-state index contributed by atoms with van der Waals surface area (Å²) in [5.41, 5.74) is 6.82. The average molecular weight is 380 g/mol. The maximum absolute atomic E-state index is 5.72. The third-order valence-corrected chi connectivity index (χ3v) is 4.28. The van der Waals surface area contributed by atoms with Crippen molar-refractivity contribution in [3.8, 4) is 0 Å². The number of halogens is 1. The van der Waals surface area contributed by atoms with Gasteiger partial charge in [0, 0.05) is 9.61 Å². The maximum atomic E-state index is 5.72. The lowest BCUT2D eigenvalue weighted by atomic mass is 9.96. The summed E-state index contributed by atoms with van der Waals surface area (Å²) in [7, 11) is 0. The van der Waals surface area contributed by atoms with E-state index in [1.54, 1.807) is 0 Å². The molecular weight excluding hydrogens is 359 g/mol. The zero-order valence-electron chi connectivity index (χ0n) is 11.9. The molecule has 0 aromatic heterocycles. The molecule has 3 heteroatoms. The molecule has 0 spiro atoms. The Morgan fingerprint density at radius 1 is 0.950 bits per heavy atom. The molecule has 3 N–H and O–H groups in total. The Labute approximate surface area is 134 Å². The summed E-state index contributed by atoms with van der Waals surface area (Å²) >= 11 is 2.31. The molecule has 0 heterocycles. The Hall–Kier alpha value is -0.910. The van der Waals surface area contributed by atoms with E-state index in [1.165, 1.54) is 20.3 Å². The van der Waals surface area contributed by atoms with Gasteiger partial charge in [-0.1, -0.05) is 50.2 Å². The van der Waals surface area contributed by atoms with Gasteiger partial charge in [0.2, 0.25) is 0 Å². The Morgan fingerprint density at radius 3 is 2.00 bits per heavy atom. The second-order valence-corrected chi connectivity index (χ2v) is 6.62. The van der Waals surface area contributed by atoms with Crippen molar-refractivity contribution in [1.82, 2.24) is 5.43 Å². The fourth-order valence-corrected chi connectivity index (χ4v) is 2.60. The lowest BCUT2D eigenvalue weighted by molar-refractivity contribution is 0.552. The third-order valence-electron chi connectivity index (χ3n) is 3.56. The van der Waals surface area contributed by atoms with E-state index in [4.69, 9.17) is 5.84 Å². The van der Waals surface area contributed by atoms with E-state index < -0.39 is 0 Å². The van der Waals surface area contributed by atoms with Gasteiger partial charge >= 0.3 is 0 Å². The van der Waals surface area contributed by atoms with Crippen LogP contribution in [0.5, 0.6) is 0 Å². The molecule has 1 unspecified atom stereocenters. The van der Waals surface area contributed by atoms with E-state index in [0.29, 0.717) is 5.92 Å². The van der Waals surface area contributed by atoms with Crippen LogP contribution in [0.1, 0.15) is 42.5 Å². The maximum Gasteiger partial charge on any atom is 0.0500 e. The van der Waals surface area contributed by atoms with E-state index in [9.17, 15) is 0 Å². The molecule has 0 bridgehead atoms. The van der Waals surface area contributed by atoms with Crippen LogP contribution >= 0.6 is 22.6 Å². The number of benzene rings is 2. The monoisotopic (exact) mass is 380 g/mol. The Morgan fingerprint density at radius 2 is 1.50 bits per heavy atom. The zero-order chi connectivity index (χ0) is 14.5. The van der Waals surface area contributed by atoms with Gasteiger partial charge in [-0.25, -0.2) is 0 Å². The normalized spacial score (nSPS) is 12.7. The van der Waals surface area contributed by atoms with Crippen LogP contribution in [0.3, 0.4) is 0 Å². The molecule has 0 amide bonds. The standard InChI is InChI=1S/C17H21IN2/c1-12(2)14-5-3-13(4-6-14)11-17(20-19)15-7-9-16(18)10-8-15/h3-10,12,17,20H,11,19H2,1-2H3. The van der Waals surface area contributed by atoms with Crippen LogP contribution in [0.25, 0.3) is 0 Å². The summed E-state index contributed by atoms with van der Waals surface area (Å²) in [6.07, 6.45) is 0.898. The zero-order valence-corrected chi connectivity index (χ0v) is 14.1. The van der Waals surface area contributed by atoms with Gasteiger partial charge in [-0.2, -0.15) is 0 Å². The summed E-state index contributed by atoms with van der Waals surface area (Å²) in [6, 6.07) is 17.5. The van der Waals surface area contributed by atoms with Gasteiger partial charge in [0.1, 0.15) is 0 Å². The van der Waals surface area contributed by atoms with Gasteiger partial charge in [-0.15, -0.1) is 0 Å². The van der Waals surface area contributed by atoms with Crippen molar-refractivity contribution in [3.63, 3.8) is 0 Å². The highest BCUT2D eigenvalue weighted by molar-refractivity contribution is 14.1. The molecule has 20 heavy (non-hydrogen) atoms. The van der Waals surface area contributed by atoms with Crippen molar-refractivity contribution in [2.45, 2.75) is 32.2 Å². The molecule has 106 valence electrons. The van der Waals surface area contributed by atoms with Crippen molar-refractivity contribution in [2.24, 2.45) is 5.84 Å². The van der Waals surface area contributed by atoms with Crippen LogP contribution in [0.15, 0.2) is 48.5 Å². The molecule has 0 aliphatic heterocycles. The lowest BCUT2D eigenvalue weighted by Gasteiger charge is -2.17. The third kappa shape index (κ3) is 4.04. The summed E-state index contributed by atoms with van der Waals surface area (Å²) in [5, 5.41) is 0. The molecule has 2 aromatic rings. The topological polar surface area (TPSA) is 38.0 Å². The van der Waals surface area contributed by atoms with Gasteiger partial charge in [0.15, 0.2) is 0 Å². The van der Waals surface area contributed by atoms with Crippen LogP contribution in [-0.4, -0.2) is 0 Å². The molecule has 0 saturated carbocycles. The summed E-state index contributed by atoms with van der Waals surface area (Å²) in [4.78, 5) is 0. The van der Waals surface area contributed by atoms with Crippen molar-refractivity contribution >= 4 is 22.6 Å². The van der Waals surface area contributed by atoms with Crippen LogP contribution in [-0.2, 0) is 6.42 Å². The molecule has 0 fully saturated rings. The molecule has 2 aromatic carbocycles. The van der Waals surface area contributed by atoms with E-state index in [1.807, 2.05) is 0 Å². The van der Waals surface area contributed by atoms with Crippen LogP contribution in [0.4, 0.5) is 0 Å². The van der Waals surface area contributed by atoms with Gasteiger partial charge in [0.05, 0.1) is 0 Å². The van der Waals surface area contributed by atoms with Crippen LogP contribution < -0.4 is 11.3 Å². The van der Waals surface area contributed by atoms with Crippen molar-refractivity contribution in [3.05, 3.63) is 68.8 Å². The minimum atomic E-state index is 0.150. The molecule has 2 rings (SSSR count). The Bertz CT molecular complexity index is 532. The van der Waals surface area contributed by atoms with Crippen LogP contribution in [0, 0.1) is 3.57 Å².